The summed E-state index contributed by atoms with van der Waals surface area (Å²) in [6, 6.07) is 11.6. The third-order valence-corrected chi connectivity index (χ3v) is 5.21. The highest BCUT2D eigenvalue weighted by Gasteiger charge is 2.27. The Balaban J connectivity index is 1.83. The second-order valence-electron chi connectivity index (χ2n) is 7.53. The third kappa shape index (κ3) is 5.10. The monoisotopic (exact) mass is 410 g/mol. The van der Waals surface area contributed by atoms with Gasteiger partial charge >= 0.3 is 6.03 Å². The number of hydrogen-bond acceptors (Lipinski definition) is 5. The smallest absolute Gasteiger partial charge is 0.335 e. The minimum Gasteiger partial charge on any atom is -0.489 e. The van der Waals surface area contributed by atoms with Crippen LogP contribution in [0.1, 0.15) is 54.4 Å². The number of oxime groups is 1. The first kappa shape index (κ1) is 21.6. The Labute approximate surface area is 177 Å². The van der Waals surface area contributed by atoms with Crippen molar-refractivity contribution in [1.82, 2.24) is 5.01 Å². The molecule has 3 N–H and O–H groups in total. The van der Waals surface area contributed by atoms with Crippen LogP contribution < -0.4 is 15.9 Å². The first-order chi connectivity index (χ1) is 14.4. The Morgan fingerprint density at radius 3 is 2.67 bits per heavy atom. The first-order valence-corrected chi connectivity index (χ1v) is 10.2. The van der Waals surface area contributed by atoms with Crippen LogP contribution in [0.15, 0.2) is 41.6 Å². The summed E-state index contributed by atoms with van der Waals surface area (Å²) in [5.74, 6) is 6.89. The molecule has 30 heavy (non-hydrogen) atoms. The molecule has 0 atom stereocenters. The van der Waals surface area contributed by atoms with Gasteiger partial charge < -0.3 is 14.9 Å². The van der Waals surface area contributed by atoms with Crippen molar-refractivity contribution in [2.45, 2.75) is 45.6 Å². The van der Waals surface area contributed by atoms with Crippen LogP contribution >= 0.6 is 0 Å². The van der Waals surface area contributed by atoms with Crippen molar-refractivity contribution in [3.8, 4) is 5.75 Å². The van der Waals surface area contributed by atoms with Crippen molar-refractivity contribution in [3.05, 3.63) is 58.7 Å². The van der Waals surface area contributed by atoms with Gasteiger partial charge in [-0.05, 0) is 73.1 Å². The first-order valence-electron chi connectivity index (χ1n) is 10.2. The lowest BCUT2D eigenvalue weighted by atomic mass is 10.0. The predicted octanol–water partition coefficient (Wildman–Crippen LogP) is 4.55. The van der Waals surface area contributed by atoms with E-state index in [0.717, 1.165) is 58.1 Å². The van der Waals surface area contributed by atoms with E-state index in [-0.39, 0.29) is 6.03 Å². The molecule has 1 aliphatic carbocycles. The maximum absolute atomic E-state index is 12.1. The van der Waals surface area contributed by atoms with Gasteiger partial charge in [-0.25, -0.2) is 10.6 Å². The molecule has 0 saturated heterocycles. The summed E-state index contributed by atoms with van der Waals surface area (Å²) in [6.07, 6.45) is 3.10. The number of carbonyl (C=O) groups excluding carboxylic acids is 1. The van der Waals surface area contributed by atoms with Crippen LogP contribution in [0.3, 0.4) is 0 Å². The SMILES string of the molecule is CCC(=NOC)c1ccc(OCc2c(NC(=O)N(C)N)cccc2C2CC2)c(C)c1. The lowest BCUT2D eigenvalue weighted by Gasteiger charge is -2.19. The standard InChI is InChI=1S/C23H30N4O3/c1-5-20(26-29-4)17-11-12-22(15(2)13-17)30-14-19-18(16-9-10-16)7-6-8-21(19)25-23(28)27(3)24/h6-8,11-13,16H,5,9-10,14,24H2,1-4H3,(H,25,28). The number of nitrogens with two attached hydrogens (primary N) is 1. The molecular weight excluding hydrogens is 380 g/mol. The van der Waals surface area contributed by atoms with Crippen LogP contribution in [0, 0.1) is 6.92 Å². The topological polar surface area (TPSA) is 89.2 Å². The molecule has 2 amide bonds. The van der Waals surface area contributed by atoms with Crippen molar-refractivity contribution < 1.29 is 14.4 Å². The number of amides is 2. The van der Waals surface area contributed by atoms with E-state index in [2.05, 4.69) is 22.6 Å². The Bertz CT molecular complexity index is 936. The average Bonchev–Trinajstić information content (AvgIpc) is 3.56. The summed E-state index contributed by atoms with van der Waals surface area (Å²) in [6.45, 7) is 4.42. The molecule has 0 heterocycles. The molecule has 0 aromatic heterocycles. The summed E-state index contributed by atoms with van der Waals surface area (Å²) in [4.78, 5) is 17.0. The molecule has 1 saturated carbocycles. The number of nitrogens with one attached hydrogen (secondary N) is 1. The molecule has 7 heteroatoms. The molecule has 0 aliphatic heterocycles. The minimum atomic E-state index is -0.366. The van der Waals surface area contributed by atoms with Crippen molar-refractivity contribution in [1.29, 1.82) is 0 Å². The number of anilines is 1. The highest BCUT2D eigenvalue weighted by Crippen LogP contribution is 2.43. The van der Waals surface area contributed by atoms with Crippen LogP contribution in [0.25, 0.3) is 0 Å². The van der Waals surface area contributed by atoms with Crippen molar-refractivity contribution in [2.75, 3.05) is 19.5 Å². The zero-order chi connectivity index (χ0) is 21.7. The van der Waals surface area contributed by atoms with E-state index in [1.807, 2.05) is 38.1 Å². The van der Waals surface area contributed by atoms with Crippen molar-refractivity contribution >= 4 is 17.4 Å². The number of benzene rings is 2. The van der Waals surface area contributed by atoms with Gasteiger partial charge in [-0.3, -0.25) is 5.01 Å². The maximum atomic E-state index is 12.1. The van der Waals surface area contributed by atoms with Gasteiger partial charge in [-0.15, -0.1) is 0 Å². The molecule has 7 nitrogen and oxygen atoms in total. The molecule has 2 aromatic carbocycles. The van der Waals surface area contributed by atoms with Gasteiger partial charge in [0.2, 0.25) is 0 Å². The normalized spacial score (nSPS) is 13.7. The van der Waals surface area contributed by atoms with Crippen LogP contribution in [-0.2, 0) is 11.4 Å². The number of nitrogens with zero attached hydrogens (tertiary/aromatic N) is 2. The van der Waals surface area contributed by atoms with Crippen molar-refractivity contribution in [3.63, 3.8) is 0 Å². The number of aryl methyl sites for hydroxylation is 1. The highest BCUT2D eigenvalue weighted by atomic mass is 16.6. The largest absolute Gasteiger partial charge is 0.489 e. The highest BCUT2D eigenvalue weighted by molar-refractivity contribution is 6.00. The van der Waals surface area contributed by atoms with Gasteiger partial charge in [0.05, 0.1) is 5.71 Å². The summed E-state index contributed by atoms with van der Waals surface area (Å²) < 4.78 is 6.19. The summed E-state index contributed by atoms with van der Waals surface area (Å²) in [5, 5.41) is 8.00. The molecule has 2 aromatic rings. The van der Waals surface area contributed by atoms with Gasteiger partial charge in [-0.2, -0.15) is 0 Å². The number of hydrogen-bond donors (Lipinski definition) is 2. The number of hydrazine groups is 1. The lowest BCUT2D eigenvalue weighted by molar-refractivity contribution is 0.213. The zero-order valence-electron chi connectivity index (χ0n) is 18.1. The average molecular weight is 411 g/mol. The summed E-state index contributed by atoms with van der Waals surface area (Å²) in [7, 11) is 3.06. The second-order valence-corrected chi connectivity index (χ2v) is 7.53. The van der Waals surface area contributed by atoms with E-state index in [0.29, 0.717) is 12.5 Å². The molecule has 0 spiro atoms. The number of urea groups is 1. The van der Waals surface area contributed by atoms with Crippen LogP contribution in [-0.4, -0.2) is 30.9 Å². The van der Waals surface area contributed by atoms with E-state index >= 15 is 0 Å². The zero-order valence-corrected chi connectivity index (χ0v) is 18.1. The van der Waals surface area contributed by atoms with E-state index < -0.39 is 0 Å². The fourth-order valence-corrected chi connectivity index (χ4v) is 3.44. The quantitative estimate of drug-likeness (QED) is 0.289. The van der Waals surface area contributed by atoms with Crippen LogP contribution in [0.5, 0.6) is 5.75 Å². The molecule has 0 unspecified atom stereocenters. The van der Waals surface area contributed by atoms with Crippen LogP contribution in [0.2, 0.25) is 0 Å². The van der Waals surface area contributed by atoms with Gasteiger partial charge in [0.25, 0.3) is 0 Å². The Kier molecular flexibility index (Phi) is 6.95. The number of carbonyl (C=O) groups is 1. The number of rotatable bonds is 8. The van der Waals surface area contributed by atoms with E-state index in [4.69, 9.17) is 15.4 Å². The fraction of sp³-hybridized carbons (Fsp3) is 0.391. The summed E-state index contributed by atoms with van der Waals surface area (Å²) in [5.41, 5.74) is 5.87. The summed E-state index contributed by atoms with van der Waals surface area (Å²) >= 11 is 0. The molecule has 1 fully saturated rings. The van der Waals surface area contributed by atoms with E-state index in [1.165, 1.54) is 12.6 Å². The van der Waals surface area contributed by atoms with Gasteiger partial charge in [0.1, 0.15) is 19.5 Å². The Hall–Kier alpha value is -3.06. The van der Waals surface area contributed by atoms with Gasteiger partial charge in [-0.1, -0.05) is 24.2 Å². The van der Waals surface area contributed by atoms with Gasteiger partial charge in [0, 0.05) is 18.3 Å². The molecular formula is C23H30N4O3. The Morgan fingerprint density at radius 1 is 1.30 bits per heavy atom. The maximum Gasteiger partial charge on any atom is 0.335 e. The van der Waals surface area contributed by atoms with E-state index in [9.17, 15) is 4.79 Å². The number of ether oxygens (including phenoxy) is 1. The van der Waals surface area contributed by atoms with Crippen LogP contribution in [0.4, 0.5) is 10.5 Å². The molecule has 3 rings (SSSR count). The predicted molar refractivity (Wildman–Crippen MR) is 119 cm³/mol. The molecule has 160 valence electrons. The van der Waals surface area contributed by atoms with Gasteiger partial charge in [0.15, 0.2) is 0 Å². The third-order valence-electron chi connectivity index (χ3n) is 5.21. The second kappa shape index (κ2) is 9.63. The molecule has 0 bridgehead atoms. The molecule has 0 radical (unpaired) electrons. The molecule has 1 aliphatic rings. The fourth-order valence-electron chi connectivity index (χ4n) is 3.44. The van der Waals surface area contributed by atoms with Crippen molar-refractivity contribution in [2.24, 2.45) is 11.0 Å². The minimum absolute atomic E-state index is 0.365. The lowest BCUT2D eigenvalue weighted by Crippen LogP contribution is -2.37. The van der Waals surface area contributed by atoms with E-state index in [1.54, 1.807) is 7.11 Å². The Morgan fingerprint density at radius 2 is 2.07 bits per heavy atom.